The van der Waals surface area contributed by atoms with E-state index in [1.165, 1.54) is 19.2 Å². The highest BCUT2D eigenvalue weighted by Gasteiger charge is 2.15. The molecule has 0 spiro atoms. The van der Waals surface area contributed by atoms with Gasteiger partial charge in [0.05, 0.1) is 18.9 Å². The van der Waals surface area contributed by atoms with E-state index in [1.54, 1.807) is 11.3 Å². The summed E-state index contributed by atoms with van der Waals surface area (Å²) in [5.74, 6) is -0.369. The number of aromatic nitrogens is 3. The Morgan fingerprint density at radius 3 is 2.61 bits per heavy atom. The summed E-state index contributed by atoms with van der Waals surface area (Å²) in [5.41, 5.74) is 2.45. The van der Waals surface area contributed by atoms with Gasteiger partial charge in [0.2, 0.25) is 0 Å². The standard InChI is InChI=1S/C19H19N5O3S/c1-23-17(25)7-6-15(22-23)18(26)20-14-4-2-13(3-5-14)16-12-28-19(21-16)24-8-10-27-11-9-24/h2-7,12H,8-11H2,1H3,(H,20,26). The van der Waals surface area contributed by atoms with Gasteiger partial charge in [0, 0.05) is 42.8 Å². The number of carbonyl (C=O) groups excluding carboxylic acids is 1. The number of hydrogen-bond acceptors (Lipinski definition) is 7. The lowest BCUT2D eigenvalue weighted by Crippen LogP contribution is -2.36. The van der Waals surface area contributed by atoms with Crippen molar-refractivity contribution in [3.8, 4) is 11.3 Å². The van der Waals surface area contributed by atoms with E-state index < -0.39 is 0 Å². The highest BCUT2D eigenvalue weighted by atomic mass is 32.1. The molecule has 0 aliphatic carbocycles. The molecule has 0 saturated carbocycles. The fourth-order valence-corrected chi connectivity index (χ4v) is 3.73. The molecule has 2 aromatic heterocycles. The quantitative estimate of drug-likeness (QED) is 0.724. The van der Waals surface area contributed by atoms with Crippen molar-refractivity contribution in [2.75, 3.05) is 36.5 Å². The second kappa shape index (κ2) is 7.91. The zero-order valence-corrected chi connectivity index (χ0v) is 16.1. The summed E-state index contributed by atoms with van der Waals surface area (Å²) in [6, 6.07) is 10.2. The number of ether oxygens (including phenoxy) is 1. The number of rotatable bonds is 4. The second-order valence-corrected chi connectivity index (χ2v) is 7.16. The first kappa shape index (κ1) is 18.3. The van der Waals surface area contributed by atoms with Gasteiger partial charge in [0.25, 0.3) is 11.5 Å². The fraction of sp³-hybridized carbons (Fsp3) is 0.263. The number of amides is 1. The Morgan fingerprint density at radius 1 is 1.14 bits per heavy atom. The first-order valence-electron chi connectivity index (χ1n) is 8.84. The van der Waals surface area contributed by atoms with Gasteiger partial charge in [-0.1, -0.05) is 12.1 Å². The third-order valence-electron chi connectivity index (χ3n) is 4.41. The van der Waals surface area contributed by atoms with E-state index in [0.29, 0.717) is 5.69 Å². The molecule has 1 amide bonds. The number of morpholine rings is 1. The van der Waals surface area contributed by atoms with Crippen molar-refractivity contribution in [1.82, 2.24) is 14.8 Å². The van der Waals surface area contributed by atoms with Gasteiger partial charge in [-0.05, 0) is 18.2 Å². The molecular weight excluding hydrogens is 378 g/mol. The summed E-state index contributed by atoms with van der Waals surface area (Å²) in [7, 11) is 1.51. The summed E-state index contributed by atoms with van der Waals surface area (Å²) in [6.45, 7) is 3.18. The predicted octanol–water partition coefficient (Wildman–Crippen LogP) is 1.99. The summed E-state index contributed by atoms with van der Waals surface area (Å²) in [4.78, 5) is 30.6. The number of benzene rings is 1. The lowest BCUT2D eigenvalue weighted by Gasteiger charge is -2.26. The topological polar surface area (TPSA) is 89.3 Å². The summed E-state index contributed by atoms with van der Waals surface area (Å²) in [6.07, 6.45) is 0. The Morgan fingerprint density at radius 2 is 1.89 bits per heavy atom. The maximum atomic E-state index is 12.3. The van der Waals surface area contributed by atoms with Crippen molar-refractivity contribution in [1.29, 1.82) is 0 Å². The van der Waals surface area contributed by atoms with Crippen LogP contribution in [0.15, 0.2) is 46.6 Å². The molecule has 144 valence electrons. The minimum absolute atomic E-state index is 0.181. The number of hydrogen-bond donors (Lipinski definition) is 1. The second-order valence-electron chi connectivity index (χ2n) is 6.33. The Balaban J connectivity index is 1.45. The minimum atomic E-state index is -0.369. The monoisotopic (exact) mass is 397 g/mol. The van der Waals surface area contributed by atoms with Crippen molar-refractivity contribution < 1.29 is 9.53 Å². The molecule has 4 rings (SSSR count). The highest BCUT2D eigenvalue weighted by Crippen LogP contribution is 2.28. The van der Waals surface area contributed by atoms with Gasteiger partial charge in [-0.25, -0.2) is 9.67 Å². The summed E-state index contributed by atoms with van der Waals surface area (Å²) < 4.78 is 6.51. The molecule has 0 unspecified atom stereocenters. The van der Waals surface area contributed by atoms with Crippen LogP contribution in [0.2, 0.25) is 0 Å². The smallest absolute Gasteiger partial charge is 0.276 e. The molecule has 3 heterocycles. The Kier molecular flexibility index (Phi) is 5.18. The predicted molar refractivity (Wildman–Crippen MR) is 108 cm³/mol. The van der Waals surface area contributed by atoms with E-state index in [2.05, 4.69) is 15.3 Å². The van der Waals surface area contributed by atoms with Crippen molar-refractivity contribution >= 4 is 28.1 Å². The van der Waals surface area contributed by atoms with Crippen molar-refractivity contribution in [3.05, 3.63) is 57.8 Å². The zero-order chi connectivity index (χ0) is 19.5. The molecule has 8 nitrogen and oxygen atoms in total. The third-order valence-corrected chi connectivity index (χ3v) is 5.31. The Bertz CT molecular complexity index is 1040. The number of carbonyl (C=O) groups is 1. The van der Waals surface area contributed by atoms with Gasteiger partial charge < -0.3 is 15.0 Å². The van der Waals surface area contributed by atoms with Gasteiger partial charge in [-0.3, -0.25) is 9.59 Å². The maximum absolute atomic E-state index is 12.3. The van der Waals surface area contributed by atoms with Gasteiger partial charge in [0.1, 0.15) is 5.69 Å². The van der Waals surface area contributed by atoms with Crippen LogP contribution in [0.1, 0.15) is 10.5 Å². The number of anilines is 2. The average Bonchev–Trinajstić information content (AvgIpc) is 3.21. The van der Waals surface area contributed by atoms with Crippen LogP contribution >= 0.6 is 11.3 Å². The summed E-state index contributed by atoms with van der Waals surface area (Å²) in [5, 5.41) is 9.77. The molecule has 0 atom stereocenters. The van der Waals surface area contributed by atoms with Crippen molar-refractivity contribution in [2.24, 2.45) is 7.05 Å². The lowest BCUT2D eigenvalue weighted by molar-refractivity contribution is 0.102. The zero-order valence-electron chi connectivity index (χ0n) is 15.3. The highest BCUT2D eigenvalue weighted by molar-refractivity contribution is 7.14. The van der Waals surface area contributed by atoms with Crippen molar-refractivity contribution in [2.45, 2.75) is 0 Å². The molecule has 1 aliphatic rings. The fourth-order valence-electron chi connectivity index (χ4n) is 2.84. The van der Waals surface area contributed by atoms with Gasteiger partial charge in [-0.2, -0.15) is 5.10 Å². The van der Waals surface area contributed by atoms with E-state index in [-0.39, 0.29) is 17.2 Å². The van der Waals surface area contributed by atoms with Crippen LogP contribution in [0.25, 0.3) is 11.3 Å². The molecule has 1 aliphatic heterocycles. The maximum Gasteiger partial charge on any atom is 0.276 e. The Labute approximate surface area is 165 Å². The van der Waals surface area contributed by atoms with Gasteiger partial charge in [0.15, 0.2) is 5.13 Å². The number of thiazole rings is 1. The lowest BCUT2D eigenvalue weighted by atomic mass is 10.1. The van der Waals surface area contributed by atoms with Crippen molar-refractivity contribution in [3.63, 3.8) is 0 Å². The molecule has 3 aromatic rings. The molecule has 1 aromatic carbocycles. The summed E-state index contributed by atoms with van der Waals surface area (Å²) >= 11 is 1.62. The number of nitrogens with zero attached hydrogens (tertiary/aromatic N) is 4. The normalized spacial score (nSPS) is 14.1. The van der Waals surface area contributed by atoms with Crippen LogP contribution in [0.5, 0.6) is 0 Å². The third kappa shape index (κ3) is 3.95. The Hall–Kier alpha value is -3.04. The minimum Gasteiger partial charge on any atom is -0.378 e. The molecule has 1 saturated heterocycles. The number of aryl methyl sites for hydroxylation is 1. The van der Waals surface area contributed by atoms with Gasteiger partial charge >= 0.3 is 0 Å². The molecule has 28 heavy (non-hydrogen) atoms. The van der Waals surface area contributed by atoms with Crippen LogP contribution in [-0.2, 0) is 11.8 Å². The SMILES string of the molecule is Cn1nc(C(=O)Nc2ccc(-c3csc(N4CCOCC4)n3)cc2)ccc1=O. The van der Waals surface area contributed by atoms with Crippen LogP contribution in [0, 0.1) is 0 Å². The first-order chi connectivity index (χ1) is 13.6. The largest absolute Gasteiger partial charge is 0.378 e. The van der Waals surface area contributed by atoms with E-state index in [4.69, 9.17) is 9.72 Å². The van der Waals surface area contributed by atoms with Gasteiger partial charge in [-0.15, -0.1) is 11.3 Å². The van der Waals surface area contributed by atoms with Crippen LogP contribution in [0.4, 0.5) is 10.8 Å². The van der Waals surface area contributed by atoms with Crippen LogP contribution in [-0.4, -0.2) is 47.0 Å². The van der Waals surface area contributed by atoms with E-state index in [0.717, 1.165) is 47.4 Å². The molecule has 9 heteroatoms. The van der Waals surface area contributed by atoms with E-state index in [1.807, 2.05) is 29.6 Å². The molecule has 0 radical (unpaired) electrons. The molecule has 1 fully saturated rings. The molecule has 1 N–H and O–H groups in total. The molecular formula is C19H19N5O3S. The molecule has 0 bridgehead atoms. The first-order valence-corrected chi connectivity index (χ1v) is 9.72. The number of nitrogens with one attached hydrogen (secondary N) is 1. The van der Waals surface area contributed by atoms with Crippen LogP contribution in [0.3, 0.4) is 0 Å². The van der Waals surface area contributed by atoms with E-state index in [9.17, 15) is 9.59 Å². The van der Waals surface area contributed by atoms with E-state index >= 15 is 0 Å². The van der Waals surface area contributed by atoms with Crippen LogP contribution < -0.4 is 15.8 Å². The average molecular weight is 397 g/mol.